The Kier molecular flexibility index (Phi) is 9.22. The zero-order valence-corrected chi connectivity index (χ0v) is 22.1. The minimum atomic E-state index is -0.808. The molecule has 4 heterocycles. The Morgan fingerprint density at radius 3 is 2.69 bits per heavy atom. The Bertz CT molecular complexity index is 1320. The third-order valence-electron chi connectivity index (χ3n) is 6.70. The average molecular weight is 540 g/mol. The zero-order valence-electron chi connectivity index (χ0n) is 22.1. The van der Waals surface area contributed by atoms with E-state index in [2.05, 4.69) is 31.3 Å². The third kappa shape index (κ3) is 6.24. The molecule has 0 bridgehead atoms. The van der Waals surface area contributed by atoms with E-state index in [1.807, 2.05) is 12.1 Å². The van der Waals surface area contributed by atoms with Gasteiger partial charge in [0.1, 0.15) is 29.2 Å². The average Bonchev–Trinajstić information content (AvgIpc) is 3.50. The summed E-state index contributed by atoms with van der Waals surface area (Å²) < 4.78 is 10.8. The number of carbonyl (C=O) groups is 3. The second-order valence-corrected chi connectivity index (χ2v) is 9.15. The lowest BCUT2D eigenvalue weighted by atomic mass is 10.1. The molecule has 13 heteroatoms. The Balaban J connectivity index is 0.000000226. The molecule has 5 rings (SSSR count). The highest BCUT2D eigenvalue weighted by atomic mass is 16.5. The number of likely N-dealkylation sites (N-methyl/N-ethyl adjacent to an activating group) is 1. The minimum Gasteiger partial charge on any atom is -0.497 e. The number of amides is 3. The second-order valence-electron chi connectivity index (χ2n) is 9.15. The highest BCUT2D eigenvalue weighted by Gasteiger charge is 2.26. The summed E-state index contributed by atoms with van der Waals surface area (Å²) in [6.07, 6.45) is 1.59. The smallest absolute Gasteiger partial charge is 0.254 e. The summed E-state index contributed by atoms with van der Waals surface area (Å²) in [4.78, 5) is 42.1. The summed E-state index contributed by atoms with van der Waals surface area (Å²) in [5.41, 5.74) is 6.00. The van der Waals surface area contributed by atoms with E-state index in [1.54, 1.807) is 50.5 Å². The van der Waals surface area contributed by atoms with Crippen molar-refractivity contribution in [3.8, 4) is 5.75 Å². The Morgan fingerprint density at radius 2 is 2.03 bits per heavy atom. The highest BCUT2D eigenvalue weighted by molar-refractivity contribution is 5.98. The molecular weight excluding hydrogens is 506 g/mol. The van der Waals surface area contributed by atoms with Crippen LogP contribution in [0.15, 0.2) is 40.9 Å². The van der Waals surface area contributed by atoms with Gasteiger partial charge in [-0.2, -0.15) is 5.48 Å². The Morgan fingerprint density at radius 1 is 1.26 bits per heavy atom. The number of fused-ring (bicyclic) bond motifs is 2. The maximum Gasteiger partial charge on any atom is 0.254 e. The van der Waals surface area contributed by atoms with E-state index in [0.717, 1.165) is 48.6 Å². The van der Waals surface area contributed by atoms with Crippen LogP contribution in [0.1, 0.15) is 39.5 Å². The van der Waals surface area contributed by atoms with Gasteiger partial charge in [-0.1, -0.05) is 6.07 Å². The highest BCUT2D eigenvalue weighted by Crippen LogP contribution is 2.27. The molecule has 2 atom stereocenters. The van der Waals surface area contributed by atoms with Crippen LogP contribution in [-0.4, -0.2) is 85.6 Å². The van der Waals surface area contributed by atoms with Gasteiger partial charge in [0, 0.05) is 63.2 Å². The predicted octanol–water partition coefficient (Wildman–Crippen LogP) is 0.524. The molecule has 0 radical (unpaired) electrons. The molecule has 0 spiro atoms. The van der Waals surface area contributed by atoms with Crippen LogP contribution in [0.25, 0.3) is 11.1 Å². The molecule has 2 aliphatic heterocycles. The Hall–Kier alpha value is -3.88. The maximum absolute atomic E-state index is 11.9. The predicted molar refractivity (Wildman–Crippen MR) is 141 cm³/mol. The fourth-order valence-electron chi connectivity index (χ4n) is 4.65. The zero-order chi connectivity index (χ0) is 27.9. The minimum absolute atomic E-state index is 0.0777. The van der Waals surface area contributed by atoms with Crippen LogP contribution in [0, 0.1) is 0 Å². The molecule has 13 nitrogen and oxygen atoms in total. The number of benzene rings is 1. The molecule has 2 aliphatic rings. The summed E-state index contributed by atoms with van der Waals surface area (Å²) in [5.74, 6) is 0.649. The van der Waals surface area contributed by atoms with Crippen molar-refractivity contribution in [2.45, 2.75) is 18.8 Å². The lowest BCUT2D eigenvalue weighted by molar-refractivity contribution is -0.127. The molecular formula is C26H33N7O6. The van der Waals surface area contributed by atoms with Crippen molar-refractivity contribution in [2.75, 3.05) is 47.4 Å². The normalized spacial score (nSPS) is 16.7. The summed E-state index contributed by atoms with van der Waals surface area (Å²) in [5, 5.41) is 17.8. The van der Waals surface area contributed by atoms with E-state index in [4.69, 9.17) is 9.15 Å². The van der Waals surface area contributed by atoms with Gasteiger partial charge in [0.2, 0.25) is 6.41 Å². The number of methoxy groups -OCH3 is 1. The van der Waals surface area contributed by atoms with Crippen molar-refractivity contribution in [3.05, 3.63) is 59.0 Å². The summed E-state index contributed by atoms with van der Waals surface area (Å²) in [7, 11) is 5.00. The fraction of sp³-hybridized carbons (Fsp3) is 0.385. The van der Waals surface area contributed by atoms with Gasteiger partial charge in [-0.05, 0) is 30.8 Å². The van der Waals surface area contributed by atoms with Crippen LogP contribution in [0.5, 0.6) is 5.75 Å². The summed E-state index contributed by atoms with van der Waals surface area (Å²) in [6.45, 7) is 3.96. The first-order valence-electron chi connectivity index (χ1n) is 12.5. The van der Waals surface area contributed by atoms with E-state index in [9.17, 15) is 19.6 Å². The van der Waals surface area contributed by atoms with Crippen LogP contribution >= 0.6 is 0 Å². The molecule has 2 unspecified atom stereocenters. The van der Waals surface area contributed by atoms with Gasteiger partial charge in [-0.25, -0.2) is 0 Å². The van der Waals surface area contributed by atoms with Crippen LogP contribution in [-0.2, 0) is 16.1 Å². The number of imide groups is 1. The van der Waals surface area contributed by atoms with Crippen molar-refractivity contribution >= 4 is 29.3 Å². The number of furan rings is 1. The van der Waals surface area contributed by atoms with Gasteiger partial charge in [-0.3, -0.25) is 29.6 Å². The summed E-state index contributed by atoms with van der Waals surface area (Å²) in [6, 6.07) is 8.24. The number of piperazine rings is 1. The molecule has 5 N–H and O–H groups in total. The van der Waals surface area contributed by atoms with Crippen molar-refractivity contribution in [1.82, 2.24) is 36.2 Å². The molecule has 2 aromatic heterocycles. The lowest BCUT2D eigenvalue weighted by Crippen LogP contribution is -2.48. The quantitative estimate of drug-likeness (QED) is 0.201. The van der Waals surface area contributed by atoms with E-state index in [0.29, 0.717) is 29.8 Å². The molecule has 0 saturated carbocycles. The van der Waals surface area contributed by atoms with E-state index in [1.165, 1.54) is 0 Å². The van der Waals surface area contributed by atoms with Crippen LogP contribution in [0.2, 0.25) is 0 Å². The van der Waals surface area contributed by atoms with Crippen molar-refractivity contribution < 1.29 is 28.7 Å². The van der Waals surface area contributed by atoms with Crippen molar-refractivity contribution in [2.24, 2.45) is 0 Å². The standard InChI is InChI=1S/C16H22N6O4.C10H11NO2/c1-17-14(16(24)20-9-23)13-7-11-12(26-13)6-10(8-19-11)15(21-25)22-4-2-18-3-5-22;1-11-6-7-3-4-8(13-2)5-9(7)10(11)12/h6-9,14-15,17-18,21,25H,2-5H2,1H3,(H,20,23,24);3-5H,6H2,1-2H3. The fourth-order valence-corrected chi connectivity index (χ4v) is 4.65. The second kappa shape index (κ2) is 12.8. The number of pyridine rings is 1. The molecule has 3 amide bonds. The van der Waals surface area contributed by atoms with Gasteiger partial charge >= 0.3 is 0 Å². The lowest BCUT2D eigenvalue weighted by Gasteiger charge is -2.33. The van der Waals surface area contributed by atoms with E-state index in [-0.39, 0.29) is 5.91 Å². The first kappa shape index (κ1) is 28.1. The summed E-state index contributed by atoms with van der Waals surface area (Å²) >= 11 is 0. The van der Waals surface area contributed by atoms with Gasteiger partial charge in [0.05, 0.1) is 7.11 Å². The molecule has 39 heavy (non-hydrogen) atoms. The number of carbonyl (C=O) groups excluding carboxylic acids is 3. The van der Waals surface area contributed by atoms with E-state index < -0.39 is 18.1 Å². The van der Waals surface area contributed by atoms with Crippen molar-refractivity contribution in [3.63, 3.8) is 0 Å². The number of hydroxylamine groups is 1. The number of aromatic nitrogens is 1. The molecule has 208 valence electrons. The van der Waals surface area contributed by atoms with Gasteiger partial charge in [-0.15, -0.1) is 0 Å². The number of rotatable bonds is 8. The van der Waals surface area contributed by atoms with Gasteiger partial charge < -0.3 is 29.9 Å². The first-order valence-corrected chi connectivity index (χ1v) is 12.5. The topological polar surface area (TPSA) is 161 Å². The number of hydrogen-bond donors (Lipinski definition) is 5. The van der Waals surface area contributed by atoms with Gasteiger partial charge in [0.15, 0.2) is 5.58 Å². The molecule has 1 saturated heterocycles. The van der Waals surface area contributed by atoms with Crippen LogP contribution < -0.4 is 26.2 Å². The largest absolute Gasteiger partial charge is 0.497 e. The molecule has 1 aromatic carbocycles. The van der Waals surface area contributed by atoms with E-state index >= 15 is 0 Å². The molecule has 3 aromatic rings. The van der Waals surface area contributed by atoms with Crippen LogP contribution in [0.4, 0.5) is 0 Å². The Labute approximate surface area is 225 Å². The van der Waals surface area contributed by atoms with Gasteiger partial charge in [0.25, 0.3) is 11.8 Å². The van der Waals surface area contributed by atoms with Crippen molar-refractivity contribution in [1.29, 1.82) is 0 Å². The SMILES string of the molecule is CNC(C(=O)NC=O)c1cc2ncc(C(NO)N3CCNCC3)cc2o1.COc1ccc2c(c1)C(=O)N(C)C2. The number of nitrogens with one attached hydrogen (secondary N) is 4. The number of ether oxygens (including phenoxy) is 1. The number of hydrogen-bond acceptors (Lipinski definition) is 11. The monoisotopic (exact) mass is 539 g/mol. The molecule has 1 fully saturated rings. The first-order chi connectivity index (χ1) is 18.9. The van der Waals surface area contributed by atoms with Crippen LogP contribution in [0.3, 0.4) is 0 Å². The maximum atomic E-state index is 11.9. The number of nitrogens with zero attached hydrogens (tertiary/aromatic N) is 3. The third-order valence-corrected chi connectivity index (χ3v) is 6.70. The molecule has 0 aliphatic carbocycles.